The Hall–Kier alpha value is -1.09. The van der Waals surface area contributed by atoms with Crippen LogP contribution in [0.15, 0.2) is 24.8 Å². The van der Waals surface area contributed by atoms with Crippen molar-refractivity contribution < 1.29 is 59.8 Å². The Morgan fingerprint density at radius 3 is 1.49 bits per heavy atom. The van der Waals surface area contributed by atoms with Gasteiger partial charge in [0.1, 0.15) is 0 Å². The third kappa shape index (κ3) is 14.3. The van der Waals surface area contributed by atoms with Crippen molar-refractivity contribution in [3.8, 4) is 0 Å². The summed E-state index contributed by atoms with van der Waals surface area (Å²) in [6.45, 7) is 10.6. The van der Waals surface area contributed by atoms with Crippen LogP contribution in [-0.2, 0) is 30.8 Å². The average molecular weight is 704 g/mol. The quantitative estimate of drug-likeness (QED) is 0.238. The number of halogens is 7. The van der Waals surface area contributed by atoms with E-state index >= 15 is 0 Å². The van der Waals surface area contributed by atoms with Crippen molar-refractivity contribution in [2.75, 3.05) is 50.2 Å². The Kier molecular flexibility index (Phi) is 18.3. The summed E-state index contributed by atoms with van der Waals surface area (Å²) in [5.41, 5.74) is -12.4. The molecule has 2 heterocycles. The largest absolute Gasteiger partial charge is 1.00 e. The third-order valence-corrected chi connectivity index (χ3v) is 10.4. The summed E-state index contributed by atoms with van der Waals surface area (Å²) in [6, 6.07) is 0. The van der Waals surface area contributed by atoms with Crippen LogP contribution in [0.4, 0.5) is 26.3 Å². The lowest BCUT2D eigenvalue weighted by molar-refractivity contribution is -0.0444. The molecule has 0 aromatic rings. The topological polar surface area (TPSA) is 112 Å². The normalized spacial score (nSPS) is 19.8. The smallest absolute Gasteiger partial charge is 0.480 e. The van der Waals surface area contributed by atoms with Gasteiger partial charge in [0.2, 0.25) is 0 Å². The highest BCUT2D eigenvalue weighted by atomic mass is 35.5. The Labute approximate surface area is 251 Å². The minimum Gasteiger partial charge on any atom is -1.00 e. The fourth-order valence-corrected chi connectivity index (χ4v) is 5.79. The fourth-order valence-electron chi connectivity index (χ4n) is 2.75. The molecule has 0 fully saturated rings. The molecule has 21 heteroatoms. The van der Waals surface area contributed by atoms with Gasteiger partial charge in [-0.15, -0.1) is 0 Å². The molecule has 2 aliphatic heterocycles. The van der Waals surface area contributed by atoms with Gasteiger partial charge in [0.05, 0.1) is 12.3 Å². The van der Waals surface area contributed by atoms with Gasteiger partial charge >= 0.3 is 11.0 Å². The van der Waals surface area contributed by atoms with Gasteiger partial charge in [-0.2, -0.15) is 38.1 Å². The molecule has 0 aromatic carbocycles. The van der Waals surface area contributed by atoms with E-state index in [1.54, 1.807) is 0 Å². The molecule has 0 N–H and O–H groups in total. The average Bonchev–Trinajstić information content (AvgIpc) is 3.31. The molecule has 0 spiro atoms. The first kappa shape index (κ1) is 42.0. The maximum Gasteiger partial charge on any atom is 0.480 e. The molecule has 10 nitrogen and oxygen atoms in total. The van der Waals surface area contributed by atoms with E-state index < -0.39 is 41.9 Å². The van der Waals surface area contributed by atoms with E-state index in [4.69, 9.17) is 0 Å². The second-order valence-corrected chi connectivity index (χ2v) is 14.9. The van der Waals surface area contributed by atoms with Gasteiger partial charge in [0.15, 0.2) is 20.0 Å². The first-order valence-electron chi connectivity index (χ1n) is 11.7. The molecule has 0 bridgehead atoms. The van der Waals surface area contributed by atoms with Crippen LogP contribution in [-0.4, -0.2) is 114 Å². The number of sulfonamides is 2. The second-order valence-electron chi connectivity index (χ2n) is 8.21. The molecule has 0 amide bonds. The highest BCUT2D eigenvalue weighted by Gasteiger charge is 2.46. The predicted octanol–water partition coefficient (Wildman–Crippen LogP) is 0.687. The number of thioether (sulfide) groups is 1. The van der Waals surface area contributed by atoms with Gasteiger partial charge < -0.3 is 36.1 Å². The zero-order valence-corrected chi connectivity index (χ0v) is 27.3. The molecule has 0 radical (unpaired) electrons. The molecule has 3 unspecified atom stereocenters. The molecule has 0 saturated carbocycles. The maximum atomic E-state index is 11.4. The van der Waals surface area contributed by atoms with Crippen molar-refractivity contribution in [2.45, 2.75) is 51.0 Å². The van der Waals surface area contributed by atoms with Crippen LogP contribution >= 0.6 is 11.8 Å². The second kappa shape index (κ2) is 17.9. The van der Waals surface area contributed by atoms with Crippen molar-refractivity contribution in [2.24, 2.45) is 0 Å². The van der Waals surface area contributed by atoms with Crippen LogP contribution in [0.2, 0.25) is 0 Å². The highest BCUT2D eigenvalue weighted by Crippen LogP contribution is 2.36. The van der Waals surface area contributed by atoms with Crippen molar-refractivity contribution in [3.63, 3.8) is 0 Å². The van der Waals surface area contributed by atoms with E-state index in [1.165, 1.54) is 18.1 Å². The van der Waals surface area contributed by atoms with Crippen LogP contribution in [0.5, 0.6) is 0 Å². The van der Waals surface area contributed by atoms with E-state index in [2.05, 4.69) is 79.3 Å². The van der Waals surface area contributed by atoms with Gasteiger partial charge in [-0.3, -0.25) is 4.21 Å². The maximum absolute atomic E-state index is 11.4. The number of hydrogen-bond acceptors (Lipinski definition) is 10. The zero-order valence-electron chi connectivity index (χ0n) is 23.3. The van der Waals surface area contributed by atoms with Gasteiger partial charge in [0, 0.05) is 80.0 Å². The summed E-state index contributed by atoms with van der Waals surface area (Å²) in [5.74, 6) is 4.00. The molecule has 246 valence electrons. The first-order valence-corrected chi connectivity index (χ1v) is 17.2. The Balaban J connectivity index is 0. The lowest BCUT2D eigenvalue weighted by atomic mass is 10.5. The number of nitrogens with zero attached hydrogens (tertiary/aromatic N) is 5. The van der Waals surface area contributed by atoms with E-state index in [-0.39, 0.29) is 12.4 Å². The molecule has 0 saturated heterocycles. The lowest BCUT2D eigenvalue weighted by Gasteiger charge is -2.26. The van der Waals surface area contributed by atoms with Crippen LogP contribution in [0.3, 0.4) is 0 Å². The monoisotopic (exact) mass is 703 g/mol. The van der Waals surface area contributed by atoms with Crippen molar-refractivity contribution in [3.05, 3.63) is 28.9 Å². The first-order chi connectivity index (χ1) is 18.1. The van der Waals surface area contributed by atoms with Crippen molar-refractivity contribution in [1.82, 2.24) is 19.6 Å². The SMILES string of the molecule is CCS(=O)CCN1C=CN(C)C1C.CCSCCN1C=CN(C)C1C.O=S(=O)([N-]S(=O)(=O)C(F)(F)F)C(F)(F)F.[Cl-]. The van der Waals surface area contributed by atoms with Gasteiger partial charge in [-0.25, -0.2) is 16.8 Å². The van der Waals surface area contributed by atoms with Crippen LogP contribution in [0, 0.1) is 0 Å². The molecular weight excluding hydrogens is 668 g/mol. The van der Waals surface area contributed by atoms with Crippen molar-refractivity contribution >= 4 is 42.6 Å². The van der Waals surface area contributed by atoms with Gasteiger partial charge in [0.25, 0.3) is 0 Å². The standard InChI is InChI=1S/C9H18N2OS.C9H18N2S.C2F6NO4S2.ClH/c1-4-13(12)8-7-11-6-5-10(3)9(11)2;1-4-12-8-7-11-6-5-10(3)9(11)2;3-1(4,5)14(10,11)9-15(12,13)2(6,7)8;/h5-6,9H,4,7-8H2,1-3H3;5-6,9H,4,7-8H2,1-3H3;;1H/q;;-1;/p-1. The predicted molar refractivity (Wildman–Crippen MR) is 146 cm³/mol. The molecule has 41 heavy (non-hydrogen) atoms. The van der Waals surface area contributed by atoms with Crippen LogP contribution in [0.25, 0.3) is 4.13 Å². The summed E-state index contributed by atoms with van der Waals surface area (Å²) in [6.07, 6.45) is 9.40. The molecular formula is C20H36ClF6N5O5S4-2. The zero-order chi connectivity index (χ0) is 31.5. The van der Waals surface area contributed by atoms with E-state index in [0.29, 0.717) is 12.3 Å². The molecule has 0 aromatic heterocycles. The van der Waals surface area contributed by atoms with Gasteiger partial charge in [-0.05, 0) is 19.6 Å². The van der Waals surface area contributed by atoms with Crippen LogP contribution in [0.1, 0.15) is 27.7 Å². The number of hydrogen-bond donors (Lipinski definition) is 0. The molecule has 2 rings (SSSR count). The van der Waals surface area contributed by atoms with Crippen molar-refractivity contribution in [1.29, 1.82) is 0 Å². The van der Waals surface area contributed by atoms with Gasteiger partial charge in [-0.1, -0.05) is 13.8 Å². The van der Waals surface area contributed by atoms with Crippen LogP contribution < -0.4 is 12.4 Å². The molecule has 0 aliphatic carbocycles. The summed E-state index contributed by atoms with van der Waals surface area (Å²) in [7, 11) is -9.91. The number of alkyl halides is 6. The fraction of sp³-hybridized carbons (Fsp3) is 0.800. The summed E-state index contributed by atoms with van der Waals surface area (Å²) in [5, 5.41) is 0. The van der Waals surface area contributed by atoms with E-state index in [9.17, 15) is 47.4 Å². The Bertz CT molecular complexity index is 1040. The summed E-state index contributed by atoms with van der Waals surface area (Å²) < 4.78 is 120. The lowest BCUT2D eigenvalue weighted by Crippen LogP contribution is -3.00. The summed E-state index contributed by atoms with van der Waals surface area (Å²) in [4.78, 5) is 8.97. The summed E-state index contributed by atoms with van der Waals surface area (Å²) >= 11 is 2.00. The Morgan fingerprint density at radius 1 is 0.805 bits per heavy atom. The minimum atomic E-state index is -6.72. The Morgan fingerprint density at radius 2 is 1.20 bits per heavy atom. The highest BCUT2D eigenvalue weighted by molar-refractivity contribution is 8.13. The third-order valence-electron chi connectivity index (χ3n) is 5.50. The van der Waals surface area contributed by atoms with E-state index in [0.717, 1.165) is 22.2 Å². The van der Waals surface area contributed by atoms with E-state index in [1.807, 2.05) is 18.7 Å². The molecule has 3 atom stereocenters. The minimum absolute atomic E-state index is 0. The number of rotatable bonds is 10. The molecule has 2 aliphatic rings.